The number of hydrogen-bond acceptors (Lipinski definition) is 1. The molecule has 1 unspecified atom stereocenters. The second-order valence-corrected chi connectivity index (χ2v) is 4.37. The number of hydrogen-bond donors (Lipinski definition) is 1. The maximum atomic E-state index is 4.59. The van der Waals surface area contributed by atoms with E-state index < -0.39 is 0 Å². The van der Waals surface area contributed by atoms with Crippen LogP contribution in [0.15, 0.2) is 41.4 Å². The molecule has 2 nitrogen and oxygen atoms in total. The largest absolute Gasteiger partial charge is 1.00 e. The van der Waals surface area contributed by atoms with Crippen LogP contribution in [0.4, 0.5) is 5.69 Å². The van der Waals surface area contributed by atoms with Crippen molar-refractivity contribution in [3.63, 3.8) is 0 Å². The van der Waals surface area contributed by atoms with Crippen molar-refractivity contribution in [3.05, 3.63) is 42.0 Å². The van der Waals surface area contributed by atoms with E-state index in [0.29, 0.717) is 6.17 Å². The highest BCUT2D eigenvalue weighted by Gasteiger charge is 2.20. The van der Waals surface area contributed by atoms with Crippen LogP contribution in [0.5, 0.6) is 0 Å². The summed E-state index contributed by atoms with van der Waals surface area (Å²) in [5.74, 6) is 0. The number of halogens is 1. The minimum absolute atomic E-state index is 0. The van der Waals surface area contributed by atoms with E-state index in [1.807, 2.05) is 0 Å². The molecule has 1 aliphatic rings. The Morgan fingerprint density at radius 1 is 1.12 bits per heavy atom. The number of fused-ring (bicyclic) bond motifs is 3. The third-order valence-electron chi connectivity index (χ3n) is 3.17. The molecule has 3 heteroatoms. The zero-order valence-electron chi connectivity index (χ0n) is 9.94. The van der Waals surface area contributed by atoms with Crippen LogP contribution in [-0.2, 0) is 0 Å². The molecule has 2 aromatic carbocycles. The van der Waals surface area contributed by atoms with Crippen LogP contribution in [0.25, 0.3) is 10.8 Å². The minimum Gasteiger partial charge on any atom is -1.00 e. The van der Waals surface area contributed by atoms with Gasteiger partial charge in [0.2, 0.25) is 0 Å². The standard InChI is InChI=1S/C14H14N2.HI/c1-9-12-8-7-11-5-3-4-6-13(11)14(12)16-10(2)15-9;/h3-8,10,16H,1-2H3;1H. The molecule has 0 fully saturated rings. The summed E-state index contributed by atoms with van der Waals surface area (Å²) >= 11 is 0. The topological polar surface area (TPSA) is 29.0 Å². The summed E-state index contributed by atoms with van der Waals surface area (Å²) in [5, 5.41) is 4.89. The van der Waals surface area contributed by atoms with E-state index in [4.69, 9.17) is 0 Å². The van der Waals surface area contributed by atoms with E-state index in [0.717, 1.165) is 5.71 Å². The van der Waals surface area contributed by atoms with Crippen molar-refractivity contribution in [2.24, 2.45) is 4.99 Å². The molecule has 0 aromatic heterocycles. The molecule has 0 aliphatic carbocycles. The van der Waals surface area contributed by atoms with Crippen LogP contribution in [-0.4, -0.2) is 11.9 Å². The molecule has 0 saturated carbocycles. The number of benzene rings is 2. The summed E-state index contributed by atoms with van der Waals surface area (Å²) in [4.78, 5) is 4.59. The number of nitrogens with two attached hydrogens (primary N) is 1. The SMILES string of the molecule is CC1=NC(C)[NH2+]c2c1ccc1ccccc21.[I-]. The van der Waals surface area contributed by atoms with Gasteiger partial charge in [-0.2, -0.15) is 0 Å². The Kier molecular flexibility index (Phi) is 3.49. The molecular weight excluding hydrogens is 323 g/mol. The Labute approximate surface area is 118 Å². The lowest BCUT2D eigenvalue weighted by Crippen LogP contribution is -3.00. The number of aliphatic imine (C=N–C) groups is 1. The Hall–Kier alpha value is -0.940. The summed E-state index contributed by atoms with van der Waals surface area (Å²) < 4.78 is 0. The van der Waals surface area contributed by atoms with Gasteiger partial charge in [-0.25, -0.2) is 4.99 Å². The summed E-state index contributed by atoms with van der Waals surface area (Å²) in [5.41, 5.74) is 3.77. The van der Waals surface area contributed by atoms with Crippen molar-refractivity contribution in [3.8, 4) is 0 Å². The van der Waals surface area contributed by atoms with Gasteiger partial charge in [-0.15, -0.1) is 0 Å². The van der Waals surface area contributed by atoms with Gasteiger partial charge in [0.15, 0.2) is 6.17 Å². The molecule has 1 atom stereocenters. The normalized spacial score (nSPS) is 18.2. The smallest absolute Gasteiger partial charge is 0.181 e. The lowest BCUT2D eigenvalue weighted by atomic mass is 10.00. The quantitative estimate of drug-likeness (QED) is 0.482. The van der Waals surface area contributed by atoms with Gasteiger partial charge in [0, 0.05) is 12.3 Å². The maximum Gasteiger partial charge on any atom is 0.181 e. The second kappa shape index (κ2) is 4.74. The van der Waals surface area contributed by atoms with Crippen molar-refractivity contribution < 1.29 is 29.3 Å². The predicted octanol–water partition coefficient (Wildman–Crippen LogP) is -0.793. The van der Waals surface area contributed by atoms with Crippen LogP contribution in [0.2, 0.25) is 0 Å². The molecule has 88 valence electrons. The van der Waals surface area contributed by atoms with Crippen molar-refractivity contribution in [2.45, 2.75) is 20.0 Å². The van der Waals surface area contributed by atoms with Gasteiger partial charge >= 0.3 is 0 Å². The second-order valence-electron chi connectivity index (χ2n) is 4.37. The molecule has 0 radical (unpaired) electrons. The lowest BCUT2D eigenvalue weighted by Gasteiger charge is -2.18. The third kappa shape index (κ3) is 2.09. The van der Waals surface area contributed by atoms with Crippen molar-refractivity contribution in [1.29, 1.82) is 0 Å². The number of nitrogens with zero attached hydrogens (tertiary/aromatic N) is 1. The van der Waals surface area contributed by atoms with Crippen LogP contribution >= 0.6 is 0 Å². The molecule has 17 heavy (non-hydrogen) atoms. The molecule has 0 saturated heterocycles. The van der Waals surface area contributed by atoms with Gasteiger partial charge < -0.3 is 24.0 Å². The van der Waals surface area contributed by atoms with Gasteiger partial charge in [0.1, 0.15) is 5.69 Å². The van der Waals surface area contributed by atoms with Gasteiger partial charge in [-0.05, 0) is 24.4 Å². The monoisotopic (exact) mass is 338 g/mol. The first kappa shape index (κ1) is 12.5. The Morgan fingerprint density at radius 3 is 2.71 bits per heavy atom. The Morgan fingerprint density at radius 2 is 1.88 bits per heavy atom. The molecule has 2 N–H and O–H groups in total. The minimum atomic E-state index is 0. The summed E-state index contributed by atoms with van der Waals surface area (Å²) in [7, 11) is 0. The first-order chi connectivity index (χ1) is 7.75. The van der Waals surface area contributed by atoms with E-state index in [1.165, 1.54) is 22.0 Å². The molecule has 0 bridgehead atoms. The van der Waals surface area contributed by atoms with Crippen LogP contribution in [0.1, 0.15) is 19.4 Å². The Bertz CT molecular complexity index is 590. The highest BCUT2D eigenvalue weighted by molar-refractivity contribution is 6.08. The highest BCUT2D eigenvalue weighted by Crippen LogP contribution is 2.26. The zero-order chi connectivity index (χ0) is 11.1. The average molecular weight is 338 g/mol. The fourth-order valence-corrected chi connectivity index (χ4v) is 2.44. The van der Waals surface area contributed by atoms with E-state index in [9.17, 15) is 0 Å². The van der Waals surface area contributed by atoms with Crippen LogP contribution < -0.4 is 29.3 Å². The highest BCUT2D eigenvalue weighted by atomic mass is 127. The lowest BCUT2D eigenvalue weighted by molar-refractivity contribution is -0.605. The third-order valence-corrected chi connectivity index (χ3v) is 3.17. The molecule has 3 rings (SSSR count). The van der Waals surface area contributed by atoms with Crippen LogP contribution in [0.3, 0.4) is 0 Å². The fraction of sp³-hybridized carbons (Fsp3) is 0.214. The zero-order valence-corrected chi connectivity index (χ0v) is 12.1. The van der Waals surface area contributed by atoms with Gasteiger partial charge in [0.05, 0.1) is 11.3 Å². The van der Waals surface area contributed by atoms with Crippen LogP contribution in [0, 0.1) is 0 Å². The van der Waals surface area contributed by atoms with E-state index >= 15 is 0 Å². The van der Waals surface area contributed by atoms with E-state index in [-0.39, 0.29) is 24.0 Å². The van der Waals surface area contributed by atoms with Crippen molar-refractivity contribution in [2.75, 3.05) is 0 Å². The summed E-state index contributed by atoms with van der Waals surface area (Å²) in [6.07, 6.45) is 0.290. The van der Waals surface area contributed by atoms with Gasteiger partial charge in [-0.3, -0.25) is 5.32 Å². The van der Waals surface area contributed by atoms with Gasteiger partial charge in [-0.1, -0.05) is 24.3 Å². The molecule has 0 amide bonds. The summed E-state index contributed by atoms with van der Waals surface area (Å²) in [6, 6.07) is 12.9. The predicted molar refractivity (Wildman–Crippen MR) is 67.2 cm³/mol. The maximum absolute atomic E-state index is 4.59. The van der Waals surface area contributed by atoms with Crippen molar-refractivity contribution in [1.82, 2.24) is 0 Å². The van der Waals surface area contributed by atoms with E-state index in [1.54, 1.807) is 0 Å². The molecular formula is C14H15IN2. The molecule has 0 spiro atoms. The number of quaternary nitrogens is 1. The first-order valence-electron chi connectivity index (χ1n) is 5.67. The average Bonchev–Trinajstić information content (AvgIpc) is 2.28. The molecule has 1 heterocycles. The molecule has 2 aromatic rings. The van der Waals surface area contributed by atoms with Crippen molar-refractivity contribution >= 4 is 22.2 Å². The fourth-order valence-electron chi connectivity index (χ4n) is 2.44. The van der Waals surface area contributed by atoms with Gasteiger partial charge in [0.25, 0.3) is 0 Å². The number of rotatable bonds is 0. The molecule has 1 aliphatic heterocycles. The first-order valence-corrected chi connectivity index (χ1v) is 5.67. The van der Waals surface area contributed by atoms with E-state index in [2.05, 4.69) is 60.6 Å². The Balaban J connectivity index is 0.00000108. The summed E-state index contributed by atoms with van der Waals surface area (Å²) in [6.45, 7) is 4.23.